The summed E-state index contributed by atoms with van der Waals surface area (Å²) >= 11 is 1.41. The molecule has 0 saturated carbocycles. The van der Waals surface area contributed by atoms with E-state index in [1.165, 1.54) is 17.3 Å². The number of pyridine rings is 1. The molecule has 4 heterocycles. The monoisotopic (exact) mass is 447 g/mol. The van der Waals surface area contributed by atoms with Crippen molar-refractivity contribution in [1.82, 2.24) is 34.3 Å². The van der Waals surface area contributed by atoms with Crippen LogP contribution in [-0.4, -0.2) is 52.5 Å². The number of amides is 1. The van der Waals surface area contributed by atoms with Gasteiger partial charge in [-0.05, 0) is 48.6 Å². The highest BCUT2D eigenvalue weighted by Gasteiger charge is 2.33. The maximum Gasteiger partial charge on any atom is 0.233 e. The summed E-state index contributed by atoms with van der Waals surface area (Å²) in [5, 5.41) is 17.6. The van der Waals surface area contributed by atoms with Gasteiger partial charge in [-0.3, -0.25) is 13.8 Å². The molecule has 3 aromatic heterocycles. The Bertz CT molecular complexity index is 1230. The van der Waals surface area contributed by atoms with Crippen LogP contribution in [0.25, 0.3) is 11.3 Å². The molecular weight excluding hydrogens is 422 g/mol. The molecule has 1 unspecified atom stereocenters. The second-order valence-electron chi connectivity index (χ2n) is 8.25. The molecule has 1 aliphatic heterocycles. The Morgan fingerprint density at radius 2 is 1.97 bits per heavy atom. The van der Waals surface area contributed by atoms with Gasteiger partial charge in [0.05, 0.1) is 11.8 Å². The van der Waals surface area contributed by atoms with Crippen LogP contribution in [0.5, 0.6) is 0 Å². The van der Waals surface area contributed by atoms with Crippen LogP contribution in [-0.2, 0) is 4.79 Å². The molecular formula is C23H25N7OS. The Balaban J connectivity index is 1.29. The Hall–Kier alpha value is -3.20. The summed E-state index contributed by atoms with van der Waals surface area (Å²) < 4.78 is 3.90. The van der Waals surface area contributed by atoms with Crippen molar-refractivity contribution in [2.24, 2.45) is 0 Å². The van der Waals surface area contributed by atoms with E-state index in [2.05, 4.69) is 58.5 Å². The van der Waals surface area contributed by atoms with Crippen LogP contribution in [0, 0.1) is 0 Å². The largest absolute Gasteiger partial charge is 0.332 e. The van der Waals surface area contributed by atoms with Crippen molar-refractivity contribution in [2.45, 2.75) is 43.8 Å². The van der Waals surface area contributed by atoms with Gasteiger partial charge in [-0.2, -0.15) is 0 Å². The van der Waals surface area contributed by atoms with Crippen molar-refractivity contribution in [2.75, 3.05) is 12.3 Å². The van der Waals surface area contributed by atoms with E-state index in [1.54, 1.807) is 6.33 Å². The summed E-state index contributed by atoms with van der Waals surface area (Å²) in [5.74, 6) is 1.68. The number of likely N-dealkylation sites (tertiary alicyclic amines) is 1. The standard InChI is InChI=1S/C23H25N7OS/c1-16(2)17-8-10-18(11-9-17)30-15-24-27-23(30)32-14-21(31)28-13-5-6-19(28)22-26-25-20-7-3-4-12-29(20)22/h3-4,7-12,15-16,19H,5-6,13-14H2,1-2H3. The molecule has 0 bridgehead atoms. The average Bonchev–Trinajstić information content (AvgIpc) is 3.56. The second-order valence-corrected chi connectivity index (χ2v) is 9.19. The van der Waals surface area contributed by atoms with E-state index in [0.29, 0.717) is 16.8 Å². The fourth-order valence-corrected chi connectivity index (χ4v) is 4.96. The maximum atomic E-state index is 13.1. The normalized spacial score (nSPS) is 16.3. The molecule has 0 N–H and O–H groups in total. The molecule has 8 nitrogen and oxygen atoms in total. The first-order valence-corrected chi connectivity index (χ1v) is 11.8. The third-order valence-corrected chi connectivity index (χ3v) is 6.82. The van der Waals surface area contributed by atoms with Crippen molar-refractivity contribution < 1.29 is 4.79 Å². The van der Waals surface area contributed by atoms with Crippen LogP contribution < -0.4 is 0 Å². The van der Waals surface area contributed by atoms with Gasteiger partial charge in [0, 0.05) is 18.4 Å². The van der Waals surface area contributed by atoms with Gasteiger partial charge in [0.1, 0.15) is 6.33 Å². The fourth-order valence-electron chi connectivity index (χ4n) is 4.15. The molecule has 1 aromatic carbocycles. The first-order valence-electron chi connectivity index (χ1n) is 10.8. The predicted octanol–water partition coefficient (Wildman–Crippen LogP) is 3.89. The highest BCUT2D eigenvalue weighted by atomic mass is 32.2. The van der Waals surface area contributed by atoms with Gasteiger partial charge in [0.15, 0.2) is 16.6 Å². The minimum Gasteiger partial charge on any atom is -0.332 e. The number of benzene rings is 1. The van der Waals surface area contributed by atoms with Gasteiger partial charge < -0.3 is 4.90 Å². The van der Waals surface area contributed by atoms with Crippen molar-refractivity contribution in [1.29, 1.82) is 0 Å². The number of fused-ring (bicyclic) bond motifs is 1. The van der Waals surface area contributed by atoms with Gasteiger partial charge in [-0.25, -0.2) is 0 Å². The smallest absolute Gasteiger partial charge is 0.233 e. The number of hydrogen-bond donors (Lipinski definition) is 0. The van der Waals surface area contributed by atoms with Gasteiger partial charge in [-0.1, -0.05) is 43.8 Å². The van der Waals surface area contributed by atoms with E-state index in [1.807, 2.05) is 38.3 Å². The minimum atomic E-state index is -0.0538. The lowest BCUT2D eigenvalue weighted by atomic mass is 10.0. The van der Waals surface area contributed by atoms with Crippen LogP contribution in [0.2, 0.25) is 0 Å². The summed E-state index contributed by atoms with van der Waals surface area (Å²) in [4.78, 5) is 15.1. The van der Waals surface area contributed by atoms with Crippen LogP contribution in [0.4, 0.5) is 0 Å². The molecule has 1 atom stereocenters. The number of carbonyl (C=O) groups is 1. The quantitative estimate of drug-likeness (QED) is 0.417. The summed E-state index contributed by atoms with van der Waals surface area (Å²) in [6, 6.07) is 14.1. The lowest BCUT2D eigenvalue weighted by molar-refractivity contribution is -0.129. The van der Waals surface area contributed by atoms with E-state index < -0.39 is 0 Å². The third-order valence-electron chi connectivity index (χ3n) is 5.89. The lowest BCUT2D eigenvalue weighted by Gasteiger charge is -2.23. The first-order chi connectivity index (χ1) is 15.6. The number of hydrogen-bond acceptors (Lipinski definition) is 6. The molecule has 1 aliphatic rings. The van der Waals surface area contributed by atoms with E-state index in [0.717, 1.165) is 36.5 Å². The Kier molecular flexibility index (Phi) is 5.65. The molecule has 0 radical (unpaired) electrons. The van der Waals surface area contributed by atoms with Gasteiger partial charge in [0.2, 0.25) is 5.91 Å². The zero-order valence-electron chi connectivity index (χ0n) is 18.1. The SMILES string of the molecule is CC(C)c1ccc(-n2cnnc2SCC(=O)N2CCCC2c2nnc3ccccn23)cc1. The summed E-state index contributed by atoms with van der Waals surface area (Å²) in [7, 11) is 0. The first kappa shape index (κ1) is 20.7. The lowest BCUT2D eigenvalue weighted by Crippen LogP contribution is -2.33. The maximum absolute atomic E-state index is 13.1. The van der Waals surface area contributed by atoms with E-state index >= 15 is 0 Å². The van der Waals surface area contributed by atoms with Crippen molar-refractivity contribution in [3.63, 3.8) is 0 Å². The second kappa shape index (κ2) is 8.74. The minimum absolute atomic E-state index is 0.0538. The molecule has 4 aromatic rings. The van der Waals surface area contributed by atoms with Gasteiger partial charge in [-0.15, -0.1) is 20.4 Å². The van der Waals surface area contributed by atoms with Crippen LogP contribution in [0.15, 0.2) is 60.1 Å². The number of rotatable bonds is 6. The van der Waals surface area contributed by atoms with Crippen molar-refractivity contribution >= 4 is 23.3 Å². The topological polar surface area (TPSA) is 81.2 Å². The molecule has 1 fully saturated rings. The summed E-state index contributed by atoms with van der Waals surface area (Å²) in [5.41, 5.74) is 3.07. The molecule has 0 spiro atoms. The number of thioether (sulfide) groups is 1. The summed E-state index contributed by atoms with van der Waals surface area (Å²) in [6.07, 6.45) is 5.50. The number of nitrogens with zero attached hydrogens (tertiary/aromatic N) is 7. The van der Waals surface area contributed by atoms with Gasteiger partial charge in [0.25, 0.3) is 0 Å². The highest BCUT2D eigenvalue weighted by Crippen LogP contribution is 2.32. The Morgan fingerprint density at radius 3 is 2.78 bits per heavy atom. The molecule has 0 aliphatic carbocycles. The molecule has 5 rings (SSSR count). The van der Waals surface area contributed by atoms with Gasteiger partial charge >= 0.3 is 0 Å². The molecule has 164 valence electrons. The molecule has 1 amide bonds. The average molecular weight is 448 g/mol. The number of carbonyl (C=O) groups excluding carboxylic acids is 1. The molecule has 32 heavy (non-hydrogen) atoms. The van der Waals surface area contributed by atoms with Crippen LogP contribution in [0.1, 0.15) is 50.0 Å². The zero-order valence-corrected chi connectivity index (χ0v) is 18.9. The van der Waals surface area contributed by atoms with E-state index in [-0.39, 0.29) is 11.9 Å². The van der Waals surface area contributed by atoms with Crippen molar-refractivity contribution in [3.05, 3.63) is 66.4 Å². The van der Waals surface area contributed by atoms with Crippen molar-refractivity contribution in [3.8, 4) is 5.69 Å². The summed E-state index contributed by atoms with van der Waals surface area (Å²) in [6.45, 7) is 5.08. The predicted molar refractivity (Wildman–Crippen MR) is 123 cm³/mol. The van der Waals surface area contributed by atoms with Crippen LogP contribution >= 0.6 is 11.8 Å². The fraction of sp³-hybridized carbons (Fsp3) is 0.348. The molecule has 9 heteroatoms. The Morgan fingerprint density at radius 1 is 1.12 bits per heavy atom. The number of aromatic nitrogens is 6. The third kappa shape index (κ3) is 3.88. The Labute approximate surface area is 190 Å². The van der Waals surface area contributed by atoms with E-state index in [4.69, 9.17) is 0 Å². The zero-order chi connectivity index (χ0) is 22.1. The highest BCUT2D eigenvalue weighted by molar-refractivity contribution is 7.99. The molecule has 1 saturated heterocycles. The van der Waals surface area contributed by atoms with Crippen LogP contribution in [0.3, 0.4) is 0 Å². The van der Waals surface area contributed by atoms with E-state index in [9.17, 15) is 4.79 Å².